The summed E-state index contributed by atoms with van der Waals surface area (Å²) in [5.41, 5.74) is 0.866. The van der Waals surface area contributed by atoms with E-state index in [4.69, 9.17) is 9.15 Å². The van der Waals surface area contributed by atoms with Crippen LogP contribution in [0.1, 0.15) is 18.7 Å². The van der Waals surface area contributed by atoms with Gasteiger partial charge in [-0.3, -0.25) is 4.79 Å². The molecule has 1 saturated heterocycles. The first-order chi connectivity index (χ1) is 10.3. The molecule has 1 N–H and O–H groups in total. The summed E-state index contributed by atoms with van der Waals surface area (Å²) in [6, 6.07) is 9.54. The Morgan fingerprint density at radius 1 is 1.29 bits per heavy atom. The molecule has 6 nitrogen and oxygen atoms in total. The molecule has 0 bridgehead atoms. The molecule has 1 atom stereocenters. The molecule has 110 valence electrons. The number of aromatic nitrogens is 2. The van der Waals surface area contributed by atoms with Crippen molar-refractivity contribution in [1.29, 1.82) is 0 Å². The van der Waals surface area contributed by atoms with Gasteiger partial charge < -0.3 is 14.5 Å². The molecule has 0 radical (unpaired) electrons. The fourth-order valence-electron chi connectivity index (χ4n) is 2.28. The largest absolute Gasteiger partial charge is 0.419 e. The lowest BCUT2D eigenvalue weighted by atomic mass is 10.1. The third-order valence-electron chi connectivity index (χ3n) is 3.42. The Hall–Kier alpha value is -2.21. The second-order valence-electron chi connectivity index (χ2n) is 5.08. The summed E-state index contributed by atoms with van der Waals surface area (Å²) in [7, 11) is 0. The number of nitrogens with zero attached hydrogens (tertiary/aromatic N) is 2. The average molecular weight is 287 g/mol. The molecule has 1 unspecified atom stereocenters. The first-order valence-electron chi connectivity index (χ1n) is 7.03. The Kier molecular flexibility index (Phi) is 4.25. The highest BCUT2D eigenvalue weighted by molar-refractivity contribution is 5.76. The number of rotatable bonds is 5. The van der Waals surface area contributed by atoms with E-state index in [1.165, 1.54) is 0 Å². The summed E-state index contributed by atoms with van der Waals surface area (Å²) in [5.74, 6) is 1.19. The van der Waals surface area contributed by atoms with Crippen molar-refractivity contribution in [2.75, 3.05) is 13.2 Å². The summed E-state index contributed by atoms with van der Waals surface area (Å²) in [5, 5.41) is 10.7. The van der Waals surface area contributed by atoms with Crippen molar-refractivity contribution in [3.05, 3.63) is 36.2 Å². The van der Waals surface area contributed by atoms with Crippen LogP contribution in [-0.2, 0) is 16.1 Å². The van der Waals surface area contributed by atoms with E-state index in [1.54, 1.807) is 0 Å². The highest BCUT2D eigenvalue weighted by Gasteiger charge is 2.19. The number of amides is 1. The lowest BCUT2D eigenvalue weighted by Gasteiger charge is -2.06. The maximum absolute atomic E-state index is 11.8. The van der Waals surface area contributed by atoms with Gasteiger partial charge in [-0.25, -0.2) is 0 Å². The van der Waals surface area contributed by atoms with Crippen LogP contribution >= 0.6 is 0 Å². The molecule has 21 heavy (non-hydrogen) atoms. The fourth-order valence-corrected chi connectivity index (χ4v) is 2.28. The number of hydrogen-bond acceptors (Lipinski definition) is 5. The van der Waals surface area contributed by atoms with Gasteiger partial charge in [-0.05, 0) is 24.5 Å². The van der Waals surface area contributed by atoms with E-state index in [9.17, 15) is 4.79 Å². The number of ether oxygens (including phenoxy) is 1. The first-order valence-corrected chi connectivity index (χ1v) is 7.03. The summed E-state index contributed by atoms with van der Waals surface area (Å²) in [4.78, 5) is 11.8. The lowest BCUT2D eigenvalue weighted by molar-refractivity contribution is -0.122. The highest BCUT2D eigenvalue weighted by Crippen LogP contribution is 2.17. The van der Waals surface area contributed by atoms with Crippen molar-refractivity contribution < 1.29 is 13.9 Å². The van der Waals surface area contributed by atoms with Gasteiger partial charge in [0.15, 0.2) is 0 Å². The average Bonchev–Trinajstić information content (AvgIpc) is 3.17. The van der Waals surface area contributed by atoms with Gasteiger partial charge in [0, 0.05) is 25.2 Å². The van der Waals surface area contributed by atoms with Gasteiger partial charge in [0.05, 0.1) is 6.54 Å². The molecule has 1 amide bonds. The van der Waals surface area contributed by atoms with Gasteiger partial charge in [-0.1, -0.05) is 18.2 Å². The van der Waals surface area contributed by atoms with Crippen LogP contribution in [0.5, 0.6) is 0 Å². The van der Waals surface area contributed by atoms with Crippen molar-refractivity contribution in [2.45, 2.75) is 19.4 Å². The molecule has 1 aromatic carbocycles. The van der Waals surface area contributed by atoms with Crippen molar-refractivity contribution in [1.82, 2.24) is 15.5 Å². The van der Waals surface area contributed by atoms with Gasteiger partial charge in [0.1, 0.15) is 0 Å². The van der Waals surface area contributed by atoms with Crippen LogP contribution in [0.3, 0.4) is 0 Å². The minimum absolute atomic E-state index is 0.00930. The molecule has 1 aromatic heterocycles. The van der Waals surface area contributed by atoms with Crippen molar-refractivity contribution >= 4 is 5.91 Å². The maximum atomic E-state index is 11.8. The molecule has 0 spiro atoms. The molecule has 2 heterocycles. The van der Waals surface area contributed by atoms with Crippen LogP contribution in [0.15, 0.2) is 34.7 Å². The second-order valence-corrected chi connectivity index (χ2v) is 5.08. The smallest absolute Gasteiger partial charge is 0.247 e. The Morgan fingerprint density at radius 3 is 2.90 bits per heavy atom. The minimum atomic E-state index is -0.00930. The quantitative estimate of drug-likeness (QED) is 0.907. The zero-order valence-electron chi connectivity index (χ0n) is 11.6. The zero-order chi connectivity index (χ0) is 14.5. The summed E-state index contributed by atoms with van der Waals surface area (Å²) in [6.45, 7) is 1.68. The second kappa shape index (κ2) is 6.49. The third kappa shape index (κ3) is 3.66. The molecule has 1 fully saturated rings. The van der Waals surface area contributed by atoms with Gasteiger partial charge in [0.2, 0.25) is 17.7 Å². The van der Waals surface area contributed by atoms with Crippen molar-refractivity contribution in [3.63, 3.8) is 0 Å². The summed E-state index contributed by atoms with van der Waals surface area (Å²) in [6.07, 6.45) is 1.44. The fraction of sp³-hybridized carbons (Fsp3) is 0.400. The zero-order valence-corrected chi connectivity index (χ0v) is 11.6. The number of carbonyl (C=O) groups is 1. The minimum Gasteiger partial charge on any atom is -0.419 e. The van der Waals surface area contributed by atoms with E-state index in [0.717, 1.165) is 18.6 Å². The molecule has 0 saturated carbocycles. The van der Waals surface area contributed by atoms with Gasteiger partial charge in [0.25, 0.3) is 0 Å². The first kappa shape index (κ1) is 13.8. The number of nitrogens with one attached hydrogen (secondary N) is 1. The number of hydrogen-bond donors (Lipinski definition) is 1. The molecule has 2 aromatic rings. The van der Waals surface area contributed by atoms with E-state index >= 15 is 0 Å². The summed E-state index contributed by atoms with van der Waals surface area (Å²) >= 11 is 0. The Labute approximate surface area is 122 Å². The van der Waals surface area contributed by atoms with Crippen LogP contribution in [-0.4, -0.2) is 29.3 Å². The molecule has 1 aliphatic rings. The number of benzene rings is 1. The topological polar surface area (TPSA) is 77.2 Å². The van der Waals surface area contributed by atoms with E-state index in [0.29, 0.717) is 30.7 Å². The SMILES string of the molecule is O=C(CC1CCOC1)NCc1nnc(-c2ccccc2)o1. The maximum Gasteiger partial charge on any atom is 0.247 e. The molecule has 3 rings (SSSR count). The molecule has 1 aliphatic heterocycles. The predicted molar refractivity (Wildman–Crippen MR) is 75.1 cm³/mol. The molecular weight excluding hydrogens is 270 g/mol. The Morgan fingerprint density at radius 2 is 2.14 bits per heavy atom. The van der Waals surface area contributed by atoms with Crippen LogP contribution in [0, 0.1) is 5.92 Å². The van der Waals surface area contributed by atoms with Gasteiger partial charge in [-0.15, -0.1) is 10.2 Å². The standard InChI is InChI=1S/C15H17N3O3/c19-13(8-11-6-7-20-10-11)16-9-14-17-18-15(21-14)12-4-2-1-3-5-12/h1-5,11H,6-10H2,(H,16,19). The summed E-state index contributed by atoms with van der Waals surface area (Å²) < 4.78 is 10.8. The van der Waals surface area contributed by atoms with Crippen LogP contribution in [0.25, 0.3) is 11.5 Å². The number of carbonyl (C=O) groups excluding carboxylic acids is 1. The van der Waals surface area contributed by atoms with E-state index in [-0.39, 0.29) is 12.5 Å². The lowest BCUT2D eigenvalue weighted by Crippen LogP contribution is -2.25. The van der Waals surface area contributed by atoms with E-state index in [1.807, 2.05) is 30.3 Å². The third-order valence-corrected chi connectivity index (χ3v) is 3.42. The molecular formula is C15H17N3O3. The normalized spacial score (nSPS) is 17.8. The van der Waals surface area contributed by atoms with Gasteiger partial charge in [-0.2, -0.15) is 0 Å². The monoisotopic (exact) mass is 287 g/mol. The highest BCUT2D eigenvalue weighted by atomic mass is 16.5. The van der Waals surface area contributed by atoms with Crippen molar-refractivity contribution in [2.24, 2.45) is 5.92 Å². The molecule has 6 heteroatoms. The van der Waals surface area contributed by atoms with Crippen LogP contribution < -0.4 is 5.32 Å². The van der Waals surface area contributed by atoms with Crippen LogP contribution in [0.4, 0.5) is 0 Å². The van der Waals surface area contributed by atoms with Crippen molar-refractivity contribution in [3.8, 4) is 11.5 Å². The Balaban J connectivity index is 1.51. The predicted octanol–water partition coefficient (Wildman–Crippen LogP) is 1.78. The Bertz CT molecular complexity index is 591. The molecule has 0 aliphatic carbocycles. The van der Waals surface area contributed by atoms with Crippen LogP contribution in [0.2, 0.25) is 0 Å². The van der Waals surface area contributed by atoms with Gasteiger partial charge >= 0.3 is 0 Å². The van der Waals surface area contributed by atoms with E-state index < -0.39 is 0 Å². The van der Waals surface area contributed by atoms with E-state index in [2.05, 4.69) is 15.5 Å².